The Morgan fingerprint density at radius 3 is 1.72 bits per heavy atom. The summed E-state index contributed by atoms with van der Waals surface area (Å²) in [5.41, 5.74) is 5.73. The van der Waals surface area contributed by atoms with Gasteiger partial charge in [0.2, 0.25) is 5.89 Å². The molecule has 0 saturated carbocycles. The molecule has 0 amide bonds. The first-order valence-corrected chi connectivity index (χ1v) is 13.8. The minimum Gasteiger partial charge on any atom is -0.436 e. The van der Waals surface area contributed by atoms with Gasteiger partial charge in [0.05, 0.1) is 0 Å². The summed E-state index contributed by atoms with van der Waals surface area (Å²) in [4.78, 5) is 31.5. The third kappa shape index (κ3) is 5.01. The van der Waals surface area contributed by atoms with Gasteiger partial charge >= 0.3 is 0 Å². The van der Waals surface area contributed by atoms with Crippen molar-refractivity contribution >= 4 is 54.5 Å². The van der Waals surface area contributed by atoms with Crippen molar-refractivity contribution in [1.82, 2.24) is 4.98 Å². The van der Waals surface area contributed by atoms with Gasteiger partial charge < -0.3 is 4.42 Å². The number of halogens is 2. The zero-order chi connectivity index (χ0) is 26.9. The number of hydrogen-bond donors (Lipinski definition) is 0. The van der Waals surface area contributed by atoms with E-state index in [1.165, 1.54) is 0 Å². The van der Waals surface area contributed by atoms with Crippen molar-refractivity contribution in [2.45, 2.75) is 0 Å². The molecule has 4 nitrogen and oxygen atoms in total. The number of hydrogen-bond acceptors (Lipinski definition) is 4. The fourth-order valence-corrected chi connectivity index (χ4v) is 5.27. The van der Waals surface area contributed by atoms with Crippen molar-refractivity contribution in [1.29, 1.82) is 0 Å². The van der Waals surface area contributed by atoms with E-state index in [4.69, 9.17) is 9.40 Å². The van der Waals surface area contributed by atoms with Crippen LogP contribution in [0.25, 0.3) is 33.7 Å². The molecule has 39 heavy (non-hydrogen) atoms. The molecule has 5 aromatic carbocycles. The van der Waals surface area contributed by atoms with Crippen LogP contribution in [-0.4, -0.2) is 16.6 Å². The smallest absolute Gasteiger partial charge is 0.228 e. The van der Waals surface area contributed by atoms with Crippen molar-refractivity contribution < 1.29 is 14.0 Å². The minimum absolute atomic E-state index is 0.0632. The summed E-state index contributed by atoms with van der Waals surface area (Å²) in [5.74, 6) is 0.172. The van der Waals surface area contributed by atoms with Crippen LogP contribution in [0.2, 0.25) is 0 Å². The number of benzene rings is 5. The maximum atomic E-state index is 13.4. The lowest BCUT2D eigenvalue weighted by Gasteiger charge is -2.10. The first-order valence-electron chi connectivity index (χ1n) is 12.2. The third-order valence-electron chi connectivity index (χ3n) is 6.45. The number of nitrogens with zero attached hydrogens (tertiary/aromatic N) is 1. The highest BCUT2D eigenvalue weighted by Crippen LogP contribution is 2.34. The second-order valence-electron chi connectivity index (χ2n) is 8.97. The molecule has 0 N–H and O–H groups in total. The molecule has 0 radical (unpaired) electrons. The van der Waals surface area contributed by atoms with Crippen molar-refractivity contribution in [3.63, 3.8) is 0 Å². The molecule has 0 aliphatic carbocycles. The van der Waals surface area contributed by atoms with Gasteiger partial charge in [-0.2, -0.15) is 0 Å². The number of oxazole rings is 1. The van der Waals surface area contributed by atoms with Gasteiger partial charge in [0.1, 0.15) is 5.52 Å². The number of carbonyl (C=O) groups excluding carboxylic acids is 2. The Balaban J connectivity index is 1.43. The van der Waals surface area contributed by atoms with Crippen LogP contribution >= 0.6 is 31.9 Å². The maximum Gasteiger partial charge on any atom is 0.228 e. The van der Waals surface area contributed by atoms with Crippen molar-refractivity contribution in [3.8, 4) is 22.6 Å². The second-order valence-corrected chi connectivity index (χ2v) is 10.8. The summed E-state index contributed by atoms with van der Waals surface area (Å²) >= 11 is 6.99. The van der Waals surface area contributed by atoms with Gasteiger partial charge in [-0.15, -0.1) is 0 Å². The van der Waals surface area contributed by atoms with Crippen LogP contribution in [0.15, 0.2) is 129 Å². The molecular formula is C33H19Br2NO3. The van der Waals surface area contributed by atoms with Gasteiger partial charge in [0, 0.05) is 36.8 Å². The topological polar surface area (TPSA) is 60.2 Å². The quantitative estimate of drug-likeness (QED) is 0.171. The molecule has 188 valence electrons. The average Bonchev–Trinajstić information content (AvgIpc) is 3.40. The molecule has 6 rings (SSSR count). The van der Waals surface area contributed by atoms with E-state index in [1.54, 1.807) is 18.2 Å². The Bertz CT molecular complexity index is 1760. The van der Waals surface area contributed by atoms with E-state index in [1.807, 2.05) is 97.1 Å². The molecule has 0 aliphatic rings. The molecule has 6 aromatic rings. The molecule has 0 aliphatic heterocycles. The molecule has 0 bridgehead atoms. The van der Waals surface area contributed by atoms with Crippen LogP contribution in [0.3, 0.4) is 0 Å². The number of carbonyl (C=O) groups is 2. The first-order chi connectivity index (χ1) is 19.0. The number of fused-ring (bicyclic) bond motifs is 1. The van der Waals surface area contributed by atoms with Crippen LogP contribution in [0, 0.1) is 0 Å². The predicted octanol–water partition coefficient (Wildman–Crippen LogP) is 9.15. The van der Waals surface area contributed by atoms with Gasteiger partial charge in [-0.05, 0) is 53.6 Å². The van der Waals surface area contributed by atoms with E-state index in [2.05, 4.69) is 31.9 Å². The lowest BCUT2D eigenvalue weighted by Crippen LogP contribution is -2.03. The predicted molar refractivity (Wildman–Crippen MR) is 160 cm³/mol. The summed E-state index contributed by atoms with van der Waals surface area (Å²) in [6.45, 7) is 0. The van der Waals surface area contributed by atoms with E-state index in [0.717, 1.165) is 20.1 Å². The molecule has 1 heterocycles. The molecule has 6 heteroatoms. The highest BCUT2D eigenvalue weighted by Gasteiger charge is 2.20. The zero-order valence-electron chi connectivity index (χ0n) is 20.4. The van der Waals surface area contributed by atoms with Gasteiger partial charge in [0.15, 0.2) is 17.1 Å². The summed E-state index contributed by atoms with van der Waals surface area (Å²) in [7, 11) is 0. The Labute approximate surface area is 241 Å². The zero-order valence-corrected chi connectivity index (χ0v) is 23.6. The van der Waals surface area contributed by atoms with Gasteiger partial charge in [-0.3, -0.25) is 9.59 Å². The van der Waals surface area contributed by atoms with Crippen molar-refractivity contribution in [2.75, 3.05) is 0 Å². The Hall–Kier alpha value is -4.13. The number of rotatable bonds is 6. The normalized spacial score (nSPS) is 11.0. The van der Waals surface area contributed by atoms with Crippen LogP contribution in [-0.2, 0) is 0 Å². The van der Waals surface area contributed by atoms with Crippen LogP contribution in [0.5, 0.6) is 0 Å². The standard InChI is InChI=1S/C33H19Br2NO3/c34-23-12-14-25(27(18-23)31(37)20-7-3-1-4-8-20)22-11-16-30-29(17-22)36-33(39-30)26-15-13-24(35)19-28(26)32(38)21-9-5-2-6-10-21/h1-19H. The summed E-state index contributed by atoms with van der Waals surface area (Å²) in [5, 5.41) is 0. The van der Waals surface area contributed by atoms with Crippen LogP contribution < -0.4 is 0 Å². The largest absolute Gasteiger partial charge is 0.436 e. The van der Waals surface area contributed by atoms with E-state index in [-0.39, 0.29) is 11.6 Å². The summed E-state index contributed by atoms with van der Waals surface area (Å²) < 4.78 is 7.73. The monoisotopic (exact) mass is 635 g/mol. The Morgan fingerprint density at radius 1 is 0.590 bits per heavy atom. The average molecular weight is 637 g/mol. The lowest BCUT2D eigenvalue weighted by atomic mass is 9.94. The Morgan fingerprint density at radius 2 is 1.13 bits per heavy atom. The van der Waals surface area contributed by atoms with E-state index < -0.39 is 0 Å². The molecule has 0 unspecified atom stereocenters. The molecule has 0 atom stereocenters. The van der Waals surface area contributed by atoms with Crippen molar-refractivity contribution in [2.24, 2.45) is 0 Å². The lowest BCUT2D eigenvalue weighted by molar-refractivity contribution is 0.103. The second kappa shape index (κ2) is 10.6. The molecule has 0 fully saturated rings. The summed E-state index contributed by atoms with van der Waals surface area (Å²) in [6, 6.07) is 35.2. The Kier molecular flexibility index (Phi) is 6.81. The van der Waals surface area contributed by atoms with Gasteiger partial charge in [0.25, 0.3) is 0 Å². The maximum absolute atomic E-state index is 13.4. The van der Waals surface area contributed by atoms with Gasteiger partial charge in [-0.1, -0.05) is 105 Å². The first kappa shape index (κ1) is 25.2. The number of ketones is 2. The SMILES string of the molecule is O=C(c1ccccc1)c1cc(Br)ccc1-c1ccc2oc(-c3ccc(Br)cc3C(=O)c3ccccc3)nc2c1. The van der Waals surface area contributed by atoms with E-state index in [0.29, 0.717) is 44.8 Å². The fourth-order valence-electron chi connectivity index (χ4n) is 4.55. The molecule has 0 spiro atoms. The number of aromatic nitrogens is 1. The molecule has 0 saturated heterocycles. The van der Waals surface area contributed by atoms with E-state index in [9.17, 15) is 9.59 Å². The van der Waals surface area contributed by atoms with Crippen LogP contribution in [0.1, 0.15) is 31.8 Å². The third-order valence-corrected chi connectivity index (χ3v) is 7.44. The fraction of sp³-hybridized carbons (Fsp3) is 0. The van der Waals surface area contributed by atoms with Crippen LogP contribution in [0.4, 0.5) is 0 Å². The molecule has 1 aromatic heterocycles. The highest BCUT2D eigenvalue weighted by atomic mass is 79.9. The van der Waals surface area contributed by atoms with Gasteiger partial charge in [-0.25, -0.2) is 4.98 Å². The summed E-state index contributed by atoms with van der Waals surface area (Å²) in [6.07, 6.45) is 0. The minimum atomic E-state index is -0.117. The highest BCUT2D eigenvalue weighted by molar-refractivity contribution is 9.10. The van der Waals surface area contributed by atoms with Crippen molar-refractivity contribution in [3.05, 3.63) is 146 Å². The molecular weight excluding hydrogens is 618 g/mol. The van der Waals surface area contributed by atoms with E-state index >= 15 is 0 Å².